The van der Waals surface area contributed by atoms with Crippen molar-refractivity contribution in [3.8, 4) is 19.5 Å². The van der Waals surface area contributed by atoms with Crippen LogP contribution in [0.15, 0.2) is 95.7 Å². The van der Waals surface area contributed by atoms with Crippen molar-refractivity contribution in [1.82, 2.24) is 0 Å². The highest BCUT2D eigenvalue weighted by molar-refractivity contribution is 7.37. The van der Waals surface area contributed by atoms with Crippen LogP contribution in [0.5, 0.6) is 0 Å². The minimum atomic E-state index is 1.34. The second-order valence-corrected chi connectivity index (χ2v) is 16.2. The van der Waals surface area contributed by atoms with Gasteiger partial charge in [-0.2, -0.15) is 0 Å². The molecule has 0 aliphatic carbocycles. The zero-order chi connectivity index (χ0) is 25.9. The summed E-state index contributed by atoms with van der Waals surface area (Å²) >= 11 is 11.5. The molecule has 4 aromatic carbocycles. The summed E-state index contributed by atoms with van der Waals surface area (Å²) in [6.07, 6.45) is 0. The summed E-state index contributed by atoms with van der Waals surface area (Å²) in [5, 5.41) is 15.5. The zero-order valence-corrected chi connectivity index (χ0v) is 25.6. The molecule has 0 fully saturated rings. The summed E-state index contributed by atoms with van der Waals surface area (Å²) < 4.78 is 8.44. The highest BCUT2D eigenvalue weighted by Crippen LogP contribution is 2.50. The van der Waals surface area contributed by atoms with Gasteiger partial charge in [-0.3, -0.25) is 0 Å². The highest BCUT2D eigenvalue weighted by atomic mass is 32.1. The Morgan fingerprint density at radius 1 is 0.375 bits per heavy atom. The van der Waals surface area contributed by atoms with Crippen molar-refractivity contribution in [2.24, 2.45) is 0 Å². The standard InChI is InChI=1S/C34H16S6/c1-3-7-21-17(5-1)15-35-31(21)29-11-19-9-23-27(13-25(19)37-29)39-34-24-10-20-12-30(38-26(20)14-28(24)40-33(23)34)32-22-8-4-2-6-18(22)16-36-32/h1-16H. The predicted molar refractivity (Wildman–Crippen MR) is 187 cm³/mol. The molecule has 0 saturated carbocycles. The van der Waals surface area contributed by atoms with Gasteiger partial charge in [0, 0.05) is 50.1 Å². The van der Waals surface area contributed by atoms with E-state index in [9.17, 15) is 0 Å². The molecule has 0 atom stereocenters. The number of hydrogen-bond acceptors (Lipinski definition) is 6. The maximum atomic E-state index is 2.44. The van der Waals surface area contributed by atoms with Crippen molar-refractivity contribution in [3.63, 3.8) is 0 Å². The molecule has 0 radical (unpaired) electrons. The molecule has 0 aliphatic heterocycles. The van der Waals surface area contributed by atoms with Crippen molar-refractivity contribution < 1.29 is 0 Å². The number of thiophene rings is 6. The Labute approximate surface area is 252 Å². The molecule has 0 bridgehead atoms. The minimum absolute atomic E-state index is 1.34. The average molecular weight is 617 g/mol. The maximum absolute atomic E-state index is 2.44. The van der Waals surface area contributed by atoms with Gasteiger partial charge in [0.2, 0.25) is 0 Å². The molecular weight excluding hydrogens is 601 g/mol. The van der Waals surface area contributed by atoms with Gasteiger partial charge < -0.3 is 0 Å². The second-order valence-electron chi connectivity index (χ2n) is 10.2. The molecule has 0 aliphatic rings. The Balaban J connectivity index is 1.13. The van der Waals surface area contributed by atoms with Gasteiger partial charge in [0.1, 0.15) is 0 Å². The van der Waals surface area contributed by atoms with Crippen LogP contribution in [0.1, 0.15) is 0 Å². The molecule has 40 heavy (non-hydrogen) atoms. The van der Waals surface area contributed by atoms with E-state index in [2.05, 4.69) is 95.7 Å². The Morgan fingerprint density at radius 2 is 0.850 bits per heavy atom. The Hall–Kier alpha value is -3.10. The van der Waals surface area contributed by atoms with E-state index < -0.39 is 0 Å². The monoisotopic (exact) mass is 616 g/mol. The molecular formula is C34H16S6. The summed E-state index contributed by atoms with van der Waals surface area (Å²) in [5.74, 6) is 0. The molecule has 0 nitrogen and oxygen atoms in total. The lowest BCUT2D eigenvalue weighted by Crippen LogP contribution is -1.66. The molecule has 188 valence electrons. The van der Waals surface area contributed by atoms with E-state index in [4.69, 9.17) is 0 Å². The summed E-state index contributed by atoms with van der Waals surface area (Å²) in [5.41, 5.74) is 0. The van der Waals surface area contributed by atoms with Crippen LogP contribution >= 0.6 is 68.0 Å². The maximum Gasteiger partial charge on any atom is 0.0542 e. The lowest BCUT2D eigenvalue weighted by Gasteiger charge is -1.93. The third-order valence-corrected chi connectivity index (χ3v) is 14.9. The summed E-state index contributed by atoms with van der Waals surface area (Å²) in [6.45, 7) is 0. The van der Waals surface area contributed by atoms with Crippen LogP contribution in [0.3, 0.4) is 0 Å². The predicted octanol–water partition coefficient (Wildman–Crippen LogP) is 13.5. The first kappa shape index (κ1) is 22.6. The SMILES string of the molecule is c1ccc2c(-c3cc4cc5c(cc4s3)sc3c4cc6cc(-c7scc8ccccc78)sc6cc4sc53)scc2c1. The highest BCUT2D eigenvalue weighted by Gasteiger charge is 2.17. The van der Waals surface area contributed by atoms with Gasteiger partial charge in [-0.15, -0.1) is 68.0 Å². The first-order valence-corrected chi connectivity index (χ1v) is 18.0. The van der Waals surface area contributed by atoms with E-state index in [1.165, 1.54) is 90.8 Å². The van der Waals surface area contributed by atoms with E-state index >= 15 is 0 Å². The smallest absolute Gasteiger partial charge is 0.0542 e. The number of hydrogen-bond donors (Lipinski definition) is 0. The third-order valence-electron chi connectivity index (χ3n) is 7.82. The van der Waals surface area contributed by atoms with Crippen LogP contribution in [-0.2, 0) is 0 Å². The molecule has 6 heteroatoms. The topological polar surface area (TPSA) is 0 Å². The molecule has 6 heterocycles. The fraction of sp³-hybridized carbons (Fsp3) is 0. The van der Waals surface area contributed by atoms with Crippen LogP contribution < -0.4 is 0 Å². The van der Waals surface area contributed by atoms with E-state index in [-0.39, 0.29) is 0 Å². The minimum Gasteiger partial charge on any atom is -0.142 e. The van der Waals surface area contributed by atoms with E-state index in [0.29, 0.717) is 0 Å². The zero-order valence-electron chi connectivity index (χ0n) is 20.7. The second kappa shape index (κ2) is 8.23. The van der Waals surface area contributed by atoms with Crippen LogP contribution in [-0.4, -0.2) is 0 Å². The van der Waals surface area contributed by atoms with Crippen LogP contribution in [0, 0.1) is 0 Å². The summed E-state index contributed by atoms with van der Waals surface area (Å²) in [4.78, 5) is 5.53. The largest absolute Gasteiger partial charge is 0.142 e. The Kier molecular flexibility index (Phi) is 4.64. The van der Waals surface area contributed by atoms with E-state index in [1.54, 1.807) is 0 Å². The summed E-state index contributed by atoms with van der Waals surface area (Å²) in [6, 6.07) is 32.0. The van der Waals surface area contributed by atoms with E-state index in [0.717, 1.165) is 0 Å². The first-order chi connectivity index (χ1) is 19.8. The quantitative estimate of drug-likeness (QED) is 0.181. The molecule has 10 rings (SSSR count). The normalized spacial score (nSPS) is 12.5. The van der Waals surface area contributed by atoms with Gasteiger partial charge in [-0.1, -0.05) is 48.5 Å². The van der Waals surface area contributed by atoms with Gasteiger partial charge in [0.05, 0.1) is 19.2 Å². The van der Waals surface area contributed by atoms with Crippen molar-refractivity contribution in [1.29, 1.82) is 0 Å². The van der Waals surface area contributed by atoms with Crippen molar-refractivity contribution >= 4 is 139 Å². The van der Waals surface area contributed by atoms with Gasteiger partial charge in [0.15, 0.2) is 0 Å². The molecule has 10 aromatic rings. The molecule has 0 spiro atoms. The molecule has 0 unspecified atom stereocenters. The van der Waals surface area contributed by atoms with Gasteiger partial charge >= 0.3 is 0 Å². The van der Waals surface area contributed by atoms with Crippen molar-refractivity contribution in [2.75, 3.05) is 0 Å². The molecule has 0 saturated heterocycles. The van der Waals surface area contributed by atoms with Crippen molar-refractivity contribution in [2.45, 2.75) is 0 Å². The molecule has 6 aromatic heterocycles. The fourth-order valence-corrected chi connectivity index (χ4v) is 13.2. The van der Waals surface area contributed by atoms with Gasteiger partial charge in [0.25, 0.3) is 0 Å². The van der Waals surface area contributed by atoms with E-state index in [1.807, 2.05) is 68.0 Å². The Bertz CT molecular complexity index is 2430. The van der Waals surface area contributed by atoms with Crippen LogP contribution in [0.2, 0.25) is 0 Å². The number of fused-ring (bicyclic) bond motifs is 9. The number of rotatable bonds is 2. The first-order valence-electron chi connectivity index (χ1n) is 13.0. The number of benzene rings is 4. The average Bonchev–Trinajstić information content (AvgIpc) is 3.80. The van der Waals surface area contributed by atoms with Crippen molar-refractivity contribution in [3.05, 3.63) is 95.7 Å². The lowest BCUT2D eigenvalue weighted by atomic mass is 10.1. The fourth-order valence-electron chi connectivity index (χ4n) is 5.92. The van der Waals surface area contributed by atoms with Gasteiger partial charge in [-0.25, -0.2) is 0 Å². The lowest BCUT2D eigenvalue weighted by molar-refractivity contribution is 1.84. The molecule has 0 amide bonds. The Morgan fingerprint density at radius 3 is 1.35 bits per heavy atom. The summed E-state index contributed by atoms with van der Waals surface area (Å²) in [7, 11) is 0. The third kappa shape index (κ3) is 3.15. The van der Waals surface area contributed by atoms with Crippen LogP contribution in [0.25, 0.3) is 90.8 Å². The van der Waals surface area contributed by atoms with Gasteiger partial charge in [-0.05, 0) is 68.7 Å². The molecule has 0 N–H and O–H groups in total. The van der Waals surface area contributed by atoms with Crippen LogP contribution in [0.4, 0.5) is 0 Å².